The van der Waals surface area contributed by atoms with Gasteiger partial charge >= 0.3 is 0 Å². The highest BCUT2D eigenvalue weighted by molar-refractivity contribution is 5.20. The van der Waals surface area contributed by atoms with Crippen LogP contribution in [0.2, 0.25) is 0 Å². The Kier molecular flexibility index (Phi) is 8.06. The van der Waals surface area contributed by atoms with E-state index in [0.29, 0.717) is 0 Å². The van der Waals surface area contributed by atoms with Crippen LogP contribution in [0.15, 0.2) is 30.3 Å². The molecule has 0 aliphatic heterocycles. The zero-order valence-electron chi connectivity index (χ0n) is 11.9. The molecule has 0 amide bonds. The Bertz CT molecular complexity index is 321. The number of benzene rings is 1. The van der Waals surface area contributed by atoms with Gasteiger partial charge in [-0.1, -0.05) is 37.3 Å². The maximum absolute atomic E-state index is 10.3. The first-order valence-electron chi connectivity index (χ1n) is 6.47. The number of rotatable bonds is 6. The molecule has 1 rings (SSSR count). The molecule has 2 nitrogen and oxygen atoms in total. The molecule has 0 spiro atoms. The van der Waals surface area contributed by atoms with E-state index >= 15 is 0 Å². The summed E-state index contributed by atoms with van der Waals surface area (Å²) in [4.78, 5) is 0. The molecule has 2 atom stereocenters. The van der Waals surface area contributed by atoms with Crippen LogP contribution in [0.25, 0.3) is 0 Å². The Balaban J connectivity index is 0.00000289. The van der Waals surface area contributed by atoms with Gasteiger partial charge in [0.1, 0.15) is 0 Å². The average Bonchev–Trinajstić information content (AvgIpc) is 2.28. The summed E-state index contributed by atoms with van der Waals surface area (Å²) >= 11 is 0. The summed E-state index contributed by atoms with van der Waals surface area (Å²) in [5.41, 5.74) is 1.25. The normalized spacial score (nSPS) is 14.7. The molecule has 0 saturated carbocycles. The van der Waals surface area contributed by atoms with Crippen LogP contribution in [0.5, 0.6) is 0 Å². The molecule has 0 aromatic heterocycles. The quantitative estimate of drug-likeness (QED) is 0.541. The van der Waals surface area contributed by atoms with Gasteiger partial charge in [-0.05, 0) is 12.0 Å². The molecule has 0 saturated heterocycles. The van der Waals surface area contributed by atoms with Gasteiger partial charge in [-0.3, -0.25) is 0 Å². The van der Waals surface area contributed by atoms with E-state index < -0.39 is 0 Å². The summed E-state index contributed by atoms with van der Waals surface area (Å²) in [6, 6.07) is 10.3. The highest BCUT2D eigenvalue weighted by Crippen LogP contribution is 2.25. The van der Waals surface area contributed by atoms with Crippen LogP contribution in [0, 0.1) is 0 Å². The molecule has 0 aliphatic carbocycles. The topological polar surface area (TPSA) is 20.2 Å². The summed E-state index contributed by atoms with van der Waals surface area (Å²) in [6.07, 6.45) is 1.61. The number of quaternary nitrogens is 1. The van der Waals surface area contributed by atoms with Crippen molar-refractivity contribution in [2.45, 2.75) is 31.8 Å². The van der Waals surface area contributed by atoms with E-state index in [0.717, 1.165) is 23.9 Å². The van der Waals surface area contributed by atoms with E-state index in [1.54, 1.807) is 0 Å². The molecule has 0 aliphatic rings. The van der Waals surface area contributed by atoms with Gasteiger partial charge in [0.25, 0.3) is 0 Å². The fraction of sp³-hybridized carbons (Fsp3) is 0.600. The summed E-state index contributed by atoms with van der Waals surface area (Å²) in [7, 11) is 6.49. The van der Waals surface area contributed by atoms with Crippen molar-refractivity contribution in [1.29, 1.82) is 0 Å². The van der Waals surface area contributed by atoms with Gasteiger partial charge in [-0.25, -0.2) is 0 Å². The van der Waals surface area contributed by atoms with Crippen LogP contribution in [0.1, 0.15) is 31.2 Å². The average molecular weight is 363 g/mol. The largest absolute Gasteiger partial charge is 1.00 e. The first-order chi connectivity index (χ1) is 7.94. The van der Waals surface area contributed by atoms with Crippen molar-refractivity contribution in [3.63, 3.8) is 0 Å². The highest BCUT2D eigenvalue weighted by Gasteiger charge is 2.21. The lowest BCUT2D eigenvalue weighted by Gasteiger charge is -2.28. The lowest BCUT2D eigenvalue weighted by Crippen LogP contribution is -3.00. The fourth-order valence-electron chi connectivity index (χ4n) is 2.15. The number of hydrogen-bond donors (Lipinski definition) is 1. The third kappa shape index (κ3) is 6.16. The first kappa shape index (κ1) is 17.9. The van der Waals surface area contributed by atoms with Crippen molar-refractivity contribution >= 4 is 0 Å². The number of nitrogens with zero attached hydrogens (tertiary/aromatic N) is 1. The maximum Gasteiger partial charge on any atom is 0.0805 e. The first-order valence-corrected chi connectivity index (χ1v) is 6.47. The predicted molar refractivity (Wildman–Crippen MR) is 73.0 cm³/mol. The summed E-state index contributed by atoms with van der Waals surface area (Å²) < 4.78 is 0.905. The predicted octanol–water partition coefficient (Wildman–Crippen LogP) is -0.359. The minimum atomic E-state index is -0.236. The number of aliphatic hydroxyl groups excluding tert-OH is 1. The van der Waals surface area contributed by atoms with Gasteiger partial charge in [0.15, 0.2) is 0 Å². The SMILES string of the molecule is CCC(c1ccccc1)C(O)CC[N+](C)(C)C.[I-]. The Hall–Kier alpha value is -0.130. The van der Waals surface area contributed by atoms with E-state index in [1.807, 2.05) is 18.2 Å². The van der Waals surface area contributed by atoms with Crippen molar-refractivity contribution in [2.24, 2.45) is 0 Å². The molecule has 0 radical (unpaired) electrons. The number of hydrogen-bond acceptors (Lipinski definition) is 1. The van der Waals surface area contributed by atoms with Crippen LogP contribution in [0.4, 0.5) is 0 Å². The molecule has 2 unspecified atom stereocenters. The summed E-state index contributed by atoms with van der Waals surface area (Å²) in [5.74, 6) is 0.266. The number of halogens is 1. The van der Waals surface area contributed by atoms with E-state index in [4.69, 9.17) is 0 Å². The molecule has 1 aromatic rings. The van der Waals surface area contributed by atoms with Gasteiger partial charge in [-0.15, -0.1) is 0 Å². The third-order valence-corrected chi connectivity index (χ3v) is 3.23. The van der Waals surface area contributed by atoms with E-state index in [9.17, 15) is 5.11 Å². The molecule has 3 heteroatoms. The second-order valence-electron chi connectivity index (χ2n) is 5.80. The van der Waals surface area contributed by atoms with E-state index in [2.05, 4.69) is 40.2 Å². The molecule has 0 fully saturated rings. The summed E-state index contributed by atoms with van der Waals surface area (Å²) in [5, 5.41) is 10.3. The minimum absolute atomic E-state index is 0. The number of aliphatic hydroxyl groups is 1. The van der Waals surface area contributed by atoms with Crippen LogP contribution in [0.3, 0.4) is 0 Å². The van der Waals surface area contributed by atoms with Gasteiger partial charge in [-0.2, -0.15) is 0 Å². The Morgan fingerprint density at radius 3 is 2.11 bits per heavy atom. The lowest BCUT2D eigenvalue weighted by molar-refractivity contribution is -0.870. The van der Waals surface area contributed by atoms with E-state index in [-0.39, 0.29) is 36.0 Å². The standard InChI is InChI=1S/C15H26NO.HI/c1-5-14(13-9-7-6-8-10-13)15(17)11-12-16(2,3)4;/h6-10,14-15,17H,5,11-12H2,1-4H3;1H/q+1;/p-1. The monoisotopic (exact) mass is 363 g/mol. The summed E-state index contributed by atoms with van der Waals surface area (Å²) in [6.45, 7) is 3.15. The molecule has 18 heavy (non-hydrogen) atoms. The molecule has 1 N–H and O–H groups in total. The van der Waals surface area contributed by atoms with Gasteiger partial charge in [0, 0.05) is 12.3 Å². The molecule has 104 valence electrons. The maximum atomic E-state index is 10.3. The van der Waals surface area contributed by atoms with Crippen LogP contribution in [-0.4, -0.2) is 43.4 Å². The smallest absolute Gasteiger partial charge is 0.0805 e. The fourth-order valence-corrected chi connectivity index (χ4v) is 2.15. The zero-order chi connectivity index (χ0) is 12.9. The molecular formula is C15H26INO. The Morgan fingerprint density at radius 2 is 1.67 bits per heavy atom. The van der Waals surface area contributed by atoms with Crippen molar-refractivity contribution in [1.82, 2.24) is 0 Å². The van der Waals surface area contributed by atoms with Crippen LogP contribution < -0.4 is 24.0 Å². The third-order valence-electron chi connectivity index (χ3n) is 3.23. The van der Waals surface area contributed by atoms with Crippen molar-refractivity contribution in [3.05, 3.63) is 35.9 Å². The van der Waals surface area contributed by atoms with E-state index in [1.165, 1.54) is 5.56 Å². The van der Waals surface area contributed by atoms with Crippen molar-refractivity contribution < 1.29 is 33.6 Å². The Morgan fingerprint density at radius 1 is 1.11 bits per heavy atom. The molecule has 1 aromatic carbocycles. The second kappa shape index (κ2) is 8.12. The minimum Gasteiger partial charge on any atom is -1.00 e. The van der Waals surface area contributed by atoms with Gasteiger partial charge < -0.3 is 33.6 Å². The zero-order valence-corrected chi connectivity index (χ0v) is 14.1. The van der Waals surface area contributed by atoms with Crippen molar-refractivity contribution in [2.75, 3.05) is 27.7 Å². The molecule has 0 heterocycles. The second-order valence-corrected chi connectivity index (χ2v) is 5.80. The van der Waals surface area contributed by atoms with Gasteiger partial charge in [0.2, 0.25) is 0 Å². The molecule has 0 bridgehead atoms. The molecular weight excluding hydrogens is 337 g/mol. The van der Waals surface area contributed by atoms with Crippen LogP contribution >= 0.6 is 0 Å². The van der Waals surface area contributed by atoms with Crippen molar-refractivity contribution in [3.8, 4) is 0 Å². The van der Waals surface area contributed by atoms with Gasteiger partial charge in [0.05, 0.1) is 33.8 Å². The van der Waals surface area contributed by atoms with Crippen LogP contribution in [-0.2, 0) is 0 Å². The Labute approximate surface area is 129 Å². The highest BCUT2D eigenvalue weighted by atomic mass is 127. The lowest BCUT2D eigenvalue weighted by atomic mass is 9.89.